The average Bonchev–Trinajstić information content (AvgIpc) is 2.18. The van der Waals surface area contributed by atoms with E-state index in [0.717, 1.165) is 0 Å². The molecule has 5 nitrogen and oxygen atoms in total. The van der Waals surface area contributed by atoms with Crippen molar-refractivity contribution in [2.75, 3.05) is 19.8 Å². The molecule has 0 bridgehead atoms. The van der Waals surface area contributed by atoms with E-state index in [0.29, 0.717) is 0 Å². The molecule has 0 rings (SSSR count). The fraction of sp³-hybridized carbons (Fsp3) is 0.875. The zero-order chi connectivity index (χ0) is 12.8. The molecule has 0 N–H and O–H groups in total. The van der Waals surface area contributed by atoms with Gasteiger partial charge in [-0.2, -0.15) is 4.20 Å². The maximum absolute atomic E-state index is 13.7. The van der Waals surface area contributed by atoms with Gasteiger partial charge < -0.3 is 14.0 Å². The van der Waals surface area contributed by atoms with Crippen LogP contribution in [-0.2, 0) is 23.4 Å². The highest BCUT2D eigenvalue weighted by Gasteiger charge is 2.58. The van der Waals surface area contributed by atoms with Crippen molar-refractivity contribution in [2.45, 2.75) is 25.6 Å². The van der Waals surface area contributed by atoms with Crippen molar-refractivity contribution in [1.82, 2.24) is 0 Å². The summed E-state index contributed by atoms with van der Waals surface area (Å²) in [6, 6.07) is 0. The molecule has 2 atom stereocenters. The van der Waals surface area contributed by atoms with Gasteiger partial charge in [-0.05, 0) is 20.8 Å². The molecule has 2 unspecified atom stereocenters. The van der Waals surface area contributed by atoms with Crippen molar-refractivity contribution in [3.05, 3.63) is 0 Å². The summed E-state index contributed by atoms with van der Waals surface area (Å²) in [6.45, 7) is 4.05. The lowest BCUT2D eigenvalue weighted by atomic mass is 10.7. The third-order valence-corrected chi connectivity index (χ3v) is 3.96. The van der Waals surface area contributed by atoms with E-state index in [1.807, 2.05) is 0 Å². The van der Waals surface area contributed by atoms with E-state index in [9.17, 15) is 13.6 Å². The quantitative estimate of drug-likeness (QED) is 0.406. The summed E-state index contributed by atoms with van der Waals surface area (Å²) in [5.41, 5.74) is 0. The standard InChI is InChI=1S/C8H15ClFO5P/c1-4-13-7(11)8(9,14-5-2)16(10,12)15-6-3/h4-6H2,1-3H3. The van der Waals surface area contributed by atoms with Crippen LogP contribution in [0.2, 0.25) is 0 Å². The molecule has 0 saturated carbocycles. The van der Waals surface area contributed by atoms with Gasteiger partial charge in [-0.15, -0.1) is 0 Å². The second-order valence-corrected chi connectivity index (χ2v) is 5.26. The van der Waals surface area contributed by atoms with Crippen LogP contribution in [-0.4, -0.2) is 30.6 Å². The molecule has 16 heavy (non-hydrogen) atoms. The number of hydrogen-bond acceptors (Lipinski definition) is 5. The zero-order valence-electron chi connectivity index (χ0n) is 9.37. The maximum Gasteiger partial charge on any atom is 0.425 e. The van der Waals surface area contributed by atoms with Crippen molar-refractivity contribution < 1.29 is 27.6 Å². The molecule has 0 aromatic rings. The van der Waals surface area contributed by atoms with Gasteiger partial charge >= 0.3 is 18.5 Å². The second kappa shape index (κ2) is 6.55. The van der Waals surface area contributed by atoms with E-state index < -0.39 is 18.5 Å². The van der Waals surface area contributed by atoms with Gasteiger partial charge in [0, 0.05) is 6.61 Å². The Morgan fingerprint density at radius 1 is 1.31 bits per heavy atom. The predicted molar refractivity (Wildman–Crippen MR) is 57.2 cm³/mol. The van der Waals surface area contributed by atoms with Crippen molar-refractivity contribution in [3.63, 3.8) is 0 Å². The first-order valence-electron chi connectivity index (χ1n) is 4.80. The largest absolute Gasteiger partial charge is 0.462 e. The van der Waals surface area contributed by atoms with E-state index >= 15 is 0 Å². The van der Waals surface area contributed by atoms with E-state index in [-0.39, 0.29) is 19.8 Å². The lowest BCUT2D eigenvalue weighted by Crippen LogP contribution is -2.37. The first kappa shape index (κ1) is 15.8. The molecular formula is C8H15ClFO5P. The summed E-state index contributed by atoms with van der Waals surface area (Å²) in [5, 5.41) is 0. The summed E-state index contributed by atoms with van der Waals surface area (Å²) in [4.78, 5) is 8.69. The number of ether oxygens (including phenoxy) is 2. The molecule has 96 valence electrons. The van der Waals surface area contributed by atoms with Crippen molar-refractivity contribution in [3.8, 4) is 0 Å². The molecule has 0 aromatic heterocycles. The van der Waals surface area contributed by atoms with Gasteiger partial charge in [0.25, 0.3) is 0 Å². The lowest BCUT2D eigenvalue weighted by molar-refractivity contribution is -0.155. The third kappa shape index (κ3) is 3.42. The van der Waals surface area contributed by atoms with Crippen LogP contribution in [0, 0.1) is 0 Å². The number of carbonyl (C=O) groups excluding carboxylic acids is 1. The Morgan fingerprint density at radius 2 is 1.88 bits per heavy atom. The maximum atomic E-state index is 13.7. The molecule has 0 fully saturated rings. The monoisotopic (exact) mass is 276 g/mol. The van der Waals surface area contributed by atoms with Crippen molar-refractivity contribution in [2.24, 2.45) is 0 Å². The molecule has 0 radical (unpaired) electrons. The summed E-state index contributed by atoms with van der Waals surface area (Å²) in [7, 11) is -4.95. The molecular weight excluding hydrogens is 262 g/mol. The Kier molecular flexibility index (Phi) is 6.48. The predicted octanol–water partition coefficient (Wildman–Crippen LogP) is 2.68. The van der Waals surface area contributed by atoms with Crippen LogP contribution in [0.4, 0.5) is 4.20 Å². The molecule has 0 heterocycles. The minimum Gasteiger partial charge on any atom is -0.462 e. The summed E-state index contributed by atoms with van der Waals surface area (Å²) in [5.74, 6) is -1.25. The first-order valence-corrected chi connectivity index (χ1v) is 6.69. The smallest absolute Gasteiger partial charge is 0.425 e. The van der Waals surface area contributed by atoms with Gasteiger partial charge in [-0.1, -0.05) is 11.6 Å². The second-order valence-electron chi connectivity index (χ2n) is 2.61. The Balaban J connectivity index is 5.08. The minimum atomic E-state index is -4.95. The number of rotatable bonds is 7. The molecule has 0 aromatic carbocycles. The molecule has 0 saturated heterocycles. The van der Waals surface area contributed by atoms with E-state index in [1.165, 1.54) is 20.8 Å². The summed E-state index contributed by atoms with van der Waals surface area (Å²) in [6.07, 6.45) is 0. The average molecular weight is 277 g/mol. The molecule has 0 amide bonds. The fourth-order valence-electron chi connectivity index (χ4n) is 0.906. The molecule has 0 aliphatic carbocycles. The normalized spacial score (nSPS) is 18.6. The van der Waals surface area contributed by atoms with Gasteiger partial charge in [0.15, 0.2) is 0 Å². The lowest BCUT2D eigenvalue weighted by Gasteiger charge is -2.26. The Morgan fingerprint density at radius 3 is 2.25 bits per heavy atom. The minimum absolute atomic E-state index is 0.0352. The van der Waals surface area contributed by atoms with Gasteiger partial charge in [0.05, 0.1) is 13.2 Å². The van der Waals surface area contributed by atoms with Gasteiger partial charge in [0.1, 0.15) is 0 Å². The molecule has 0 aliphatic rings. The number of esters is 1. The Labute approximate surface area is 98.8 Å². The van der Waals surface area contributed by atoms with Gasteiger partial charge in [-0.25, -0.2) is 9.36 Å². The zero-order valence-corrected chi connectivity index (χ0v) is 11.0. The van der Waals surface area contributed by atoms with Crippen LogP contribution < -0.4 is 0 Å². The highest BCUT2D eigenvalue weighted by molar-refractivity contribution is 7.58. The SMILES string of the molecule is CCOC(=O)C(Cl)(OCC)P(=O)(F)OCC. The highest BCUT2D eigenvalue weighted by Crippen LogP contribution is 2.63. The topological polar surface area (TPSA) is 61.8 Å². The number of halogens is 2. The first-order chi connectivity index (χ1) is 7.35. The van der Waals surface area contributed by atoms with E-state index in [4.69, 9.17) is 11.6 Å². The molecule has 0 spiro atoms. The summed E-state index contributed by atoms with van der Waals surface area (Å²) >= 11 is 5.58. The number of hydrogen-bond donors (Lipinski definition) is 0. The van der Waals surface area contributed by atoms with E-state index in [1.54, 1.807) is 0 Å². The highest BCUT2D eigenvalue weighted by atomic mass is 35.5. The third-order valence-electron chi connectivity index (χ3n) is 1.50. The Hall–Kier alpha value is -0.160. The van der Waals surface area contributed by atoms with E-state index in [2.05, 4.69) is 14.0 Å². The van der Waals surface area contributed by atoms with Crippen LogP contribution in [0.25, 0.3) is 0 Å². The molecule has 0 aliphatic heterocycles. The fourth-order valence-corrected chi connectivity index (χ4v) is 2.28. The van der Waals surface area contributed by atoms with Gasteiger partial charge in [0.2, 0.25) is 0 Å². The molecule has 8 heteroatoms. The van der Waals surface area contributed by atoms with Crippen molar-refractivity contribution in [1.29, 1.82) is 0 Å². The van der Waals surface area contributed by atoms with Crippen LogP contribution in [0.3, 0.4) is 0 Å². The van der Waals surface area contributed by atoms with Crippen LogP contribution in [0.1, 0.15) is 20.8 Å². The van der Waals surface area contributed by atoms with Crippen molar-refractivity contribution >= 4 is 25.2 Å². The van der Waals surface area contributed by atoms with Crippen LogP contribution in [0.5, 0.6) is 0 Å². The summed E-state index contributed by atoms with van der Waals surface area (Å²) < 4.78 is 38.7. The number of alkyl halides is 1. The van der Waals surface area contributed by atoms with Crippen LogP contribution >= 0.6 is 19.3 Å². The van der Waals surface area contributed by atoms with Crippen LogP contribution in [0.15, 0.2) is 0 Å². The number of carbonyl (C=O) groups is 1. The van der Waals surface area contributed by atoms with Gasteiger partial charge in [-0.3, -0.25) is 0 Å². The Bertz CT molecular complexity index is 288.